The summed E-state index contributed by atoms with van der Waals surface area (Å²) in [7, 11) is 1.90. The van der Waals surface area contributed by atoms with Crippen molar-refractivity contribution in [1.29, 1.82) is 0 Å². The summed E-state index contributed by atoms with van der Waals surface area (Å²) in [6.07, 6.45) is 1.98. The summed E-state index contributed by atoms with van der Waals surface area (Å²) < 4.78 is 7.09. The van der Waals surface area contributed by atoms with Gasteiger partial charge >= 0.3 is 0 Å². The van der Waals surface area contributed by atoms with Crippen LogP contribution in [0, 0.1) is 6.92 Å². The van der Waals surface area contributed by atoms with Crippen molar-refractivity contribution in [2.75, 3.05) is 17.7 Å². The number of aryl methyl sites for hydroxylation is 2. The first kappa shape index (κ1) is 14.3. The van der Waals surface area contributed by atoms with Gasteiger partial charge in [-0.1, -0.05) is 0 Å². The second-order valence-electron chi connectivity index (χ2n) is 4.50. The predicted octanol–water partition coefficient (Wildman–Crippen LogP) is 1.25. The summed E-state index contributed by atoms with van der Waals surface area (Å²) in [4.78, 5) is 8.50. The van der Waals surface area contributed by atoms with Gasteiger partial charge in [-0.3, -0.25) is 4.68 Å². The first-order valence-electron chi connectivity index (χ1n) is 6.52. The van der Waals surface area contributed by atoms with E-state index in [9.17, 15) is 0 Å². The van der Waals surface area contributed by atoms with Crippen LogP contribution in [0.4, 0.5) is 11.6 Å². The second kappa shape index (κ2) is 6.33. The normalized spacial score (nSPS) is 10.8. The molecule has 2 aromatic heterocycles. The lowest BCUT2D eigenvalue weighted by Crippen LogP contribution is -2.08. The highest BCUT2D eigenvalue weighted by Gasteiger charge is 2.06. The van der Waals surface area contributed by atoms with E-state index in [1.165, 1.54) is 0 Å². The van der Waals surface area contributed by atoms with E-state index in [4.69, 9.17) is 10.5 Å². The quantitative estimate of drug-likeness (QED) is 0.825. The highest BCUT2D eigenvalue weighted by molar-refractivity contribution is 5.45. The summed E-state index contributed by atoms with van der Waals surface area (Å²) >= 11 is 0. The Labute approximate surface area is 118 Å². The highest BCUT2D eigenvalue weighted by Crippen LogP contribution is 2.12. The van der Waals surface area contributed by atoms with E-state index >= 15 is 0 Å². The number of nitrogen functional groups attached to an aromatic ring is 1. The van der Waals surface area contributed by atoms with Crippen molar-refractivity contribution in [3.8, 4) is 0 Å². The molecule has 0 aromatic carbocycles. The third kappa shape index (κ3) is 3.67. The molecule has 0 spiro atoms. The Morgan fingerprint density at radius 3 is 2.85 bits per heavy atom. The zero-order valence-electron chi connectivity index (χ0n) is 12.1. The minimum atomic E-state index is 0.363. The molecule has 7 nitrogen and oxygen atoms in total. The third-order valence-corrected chi connectivity index (χ3v) is 2.80. The largest absolute Gasteiger partial charge is 0.384 e. The summed E-state index contributed by atoms with van der Waals surface area (Å²) in [5, 5.41) is 7.53. The number of hydrogen-bond donors (Lipinski definition) is 2. The molecule has 108 valence electrons. The molecule has 2 aromatic rings. The molecule has 0 fully saturated rings. The van der Waals surface area contributed by atoms with Crippen molar-refractivity contribution in [2.45, 2.75) is 27.0 Å². The molecule has 0 unspecified atom stereocenters. The lowest BCUT2D eigenvalue weighted by atomic mass is 10.2. The SMILES string of the molecule is CCOCc1nc(N)cc(NCc2cn(C)nc2C)n1. The molecule has 20 heavy (non-hydrogen) atoms. The molecule has 0 bridgehead atoms. The summed E-state index contributed by atoms with van der Waals surface area (Å²) in [5.41, 5.74) is 7.89. The number of hydrogen-bond acceptors (Lipinski definition) is 6. The molecule has 0 aliphatic carbocycles. The van der Waals surface area contributed by atoms with E-state index < -0.39 is 0 Å². The predicted molar refractivity (Wildman–Crippen MR) is 77.0 cm³/mol. The van der Waals surface area contributed by atoms with Crippen LogP contribution in [0.5, 0.6) is 0 Å². The number of anilines is 2. The van der Waals surface area contributed by atoms with Gasteiger partial charge in [0.25, 0.3) is 0 Å². The Balaban J connectivity index is 2.05. The number of rotatable bonds is 6. The van der Waals surface area contributed by atoms with E-state index in [1.54, 1.807) is 10.7 Å². The molecule has 0 radical (unpaired) electrons. The number of ether oxygens (including phenoxy) is 1. The van der Waals surface area contributed by atoms with E-state index in [0.29, 0.717) is 37.2 Å². The Morgan fingerprint density at radius 1 is 1.40 bits per heavy atom. The summed E-state index contributed by atoms with van der Waals surface area (Å²) in [6, 6.07) is 1.71. The van der Waals surface area contributed by atoms with E-state index in [-0.39, 0.29) is 0 Å². The van der Waals surface area contributed by atoms with Gasteiger partial charge in [0, 0.05) is 38.0 Å². The second-order valence-corrected chi connectivity index (χ2v) is 4.50. The van der Waals surface area contributed by atoms with Gasteiger partial charge in [-0.15, -0.1) is 0 Å². The Bertz CT molecular complexity index is 580. The maximum Gasteiger partial charge on any atom is 0.158 e. The third-order valence-electron chi connectivity index (χ3n) is 2.80. The molecule has 7 heteroatoms. The summed E-state index contributed by atoms with van der Waals surface area (Å²) in [6.45, 7) is 5.53. The first-order chi connectivity index (χ1) is 9.58. The standard InChI is InChI=1S/C13H20N6O/c1-4-20-8-13-16-11(14)5-12(17-13)15-6-10-7-19(3)18-9(10)2/h5,7H,4,6,8H2,1-3H3,(H3,14,15,16,17). The molecular weight excluding hydrogens is 256 g/mol. The van der Waals surface area contributed by atoms with E-state index in [0.717, 1.165) is 11.3 Å². The molecule has 0 aliphatic heterocycles. The minimum absolute atomic E-state index is 0.363. The van der Waals surface area contributed by atoms with Gasteiger partial charge in [0.1, 0.15) is 18.2 Å². The lowest BCUT2D eigenvalue weighted by molar-refractivity contribution is 0.128. The van der Waals surface area contributed by atoms with Crippen LogP contribution in [-0.4, -0.2) is 26.4 Å². The van der Waals surface area contributed by atoms with Crippen molar-refractivity contribution in [3.63, 3.8) is 0 Å². The number of nitrogens with two attached hydrogens (primary N) is 1. The Morgan fingerprint density at radius 2 is 2.20 bits per heavy atom. The zero-order valence-corrected chi connectivity index (χ0v) is 12.1. The highest BCUT2D eigenvalue weighted by atomic mass is 16.5. The van der Waals surface area contributed by atoms with Crippen LogP contribution in [0.25, 0.3) is 0 Å². The Hall–Kier alpha value is -2.15. The first-order valence-corrected chi connectivity index (χ1v) is 6.52. The van der Waals surface area contributed by atoms with Gasteiger partial charge in [-0.2, -0.15) is 5.10 Å². The van der Waals surface area contributed by atoms with Crippen molar-refractivity contribution in [1.82, 2.24) is 19.7 Å². The fourth-order valence-electron chi connectivity index (χ4n) is 1.87. The number of aromatic nitrogens is 4. The van der Waals surface area contributed by atoms with Crippen molar-refractivity contribution in [3.05, 3.63) is 29.3 Å². The average molecular weight is 276 g/mol. The van der Waals surface area contributed by atoms with E-state index in [2.05, 4.69) is 20.4 Å². The summed E-state index contributed by atoms with van der Waals surface area (Å²) in [5.74, 6) is 1.70. The number of nitrogens with zero attached hydrogens (tertiary/aromatic N) is 4. The van der Waals surface area contributed by atoms with Gasteiger partial charge in [0.2, 0.25) is 0 Å². The van der Waals surface area contributed by atoms with Crippen LogP contribution in [0.2, 0.25) is 0 Å². The van der Waals surface area contributed by atoms with Crippen molar-refractivity contribution in [2.24, 2.45) is 7.05 Å². The molecule has 0 saturated heterocycles. The molecule has 3 N–H and O–H groups in total. The van der Waals surface area contributed by atoms with Crippen molar-refractivity contribution >= 4 is 11.6 Å². The van der Waals surface area contributed by atoms with Gasteiger partial charge < -0.3 is 15.8 Å². The molecular formula is C13H20N6O. The van der Waals surface area contributed by atoms with E-state index in [1.807, 2.05) is 27.1 Å². The van der Waals surface area contributed by atoms with Crippen LogP contribution in [0.3, 0.4) is 0 Å². The molecule has 0 atom stereocenters. The fraction of sp³-hybridized carbons (Fsp3) is 0.462. The molecule has 0 amide bonds. The van der Waals surface area contributed by atoms with Crippen LogP contribution >= 0.6 is 0 Å². The smallest absolute Gasteiger partial charge is 0.158 e. The molecule has 2 heterocycles. The van der Waals surface area contributed by atoms with Gasteiger partial charge in [-0.05, 0) is 13.8 Å². The van der Waals surface area contributed by atoms with Crippen LogP contribution < -0.4 is 11.1 Å². The van der Waals surface area contributed by atoms with Crippen LogP contribution in [0.15, 0.2) is 12.3 Å². The maximum absolute atomic E-state index is 5.77. The zero-order chi connectivity index (χ0) is 14.5. The molecule has 0 saturated carbocycles. The molecule has 2 rings (SSSR count). The van der Waals surface area contributed by atoms with Crippen LogP contribution in [-0.2, 0) is 24.9 Å². The average Bonchev–Trinajstić information content (AvgIpc) is 2.72. The lowest BCUT2D eigenvalue weighted by Gasteiger charge is -2.08. The fourth-order valence-corrected chi connectivity index (χ4v) is 1.87. The van der Waals surface area contributed by atoms with Crippen LogP contribution in [0.1, 0.15) is 24.0 Å². The van der Waals surface area contributed by atoms with Crippen molar-refractivity contribution < 1.29 is 4.74 Å². The topological polar surface area (TPSA) is 90.9 Å². The van der Waals surface area contributed by atoms with Gasteiger partial charge in [-0.25, -0.2) is 9.97 Å². The Kier molecular flexibility index (Phi) is 4.52. The van der Waals surface area contributed by atoms with Gasteiger partial charge in [0.05, 0.1) is 5.69 Å². The van der Waals surface area contributed by atoms with Gasteiger partial charge in [0.15, 0.2) is 5.82 Å². The number of nitrogens with one attached hydrogen (secondary N) is 1. The minimum Gasteiger partial charge on any atom is -0.384 e. The monoisotopic (exact) mass is 276 g/mol. The maximum atomic E-state index is 5.77. The molecule has 0 aliphatic rings.